The lowest BCUT2D eigenvalue weighted by Gasteiger charge is -2.15. The van der Waals surface area contributed by atoms with Crippen LogP contribution in [0.1, 0.15) is 30.6 Å². The van der Waals surface area contributed by atoms with E-state index in [1.807, 2.05) is 43.3 Å². The van der Waals surface area contributed by atoms with Gasteiger partial charge < -0.3 is 9.84 Å². The van der Waals surface area contributed by atoms with Gasteiger partial charge in [-0.3, -0.25) is 0 Å². The molecule has 1 N–H and O–H groups in total. The van der Waals surface area contributed by atoms with Gasteiger partial charge in [-0.25, -0.2) is 0 Å². The number of hydrogen-bond acceptors (Lipinski definition) is 2. The van der Waals surface area contributed by atoms with Crippen molar-refractivity contribution >= 4 is 23.2 Å². The lowest BCUT2D eigenvalue weighted by atomic mass is 10.1. The molecule has 0 aliphatic carbocycles. The highest BCUT2D eigenvalue weighted by Gasteiger charge is 2.12. The Kier molecular flexibility index (Phi) is 5.30. The van der Waals surface area contributed by atoms with E-state index >= 15 is 0 Å². The van der Waals surface area contributed by atoms with Crippen molar-refractivity contribution in [2.24, 2.45) is 0 Å². The molecule has 0 saturated carbocycles. The van der Waals surface area contributed by atoms with E-state index in [0.29, 0.717) is 28.8 Å². The Morgan fingerprint density at radius 1 is 1.10 bits per heavy atom. The molecule has 0 spiro atoms. The summed E-state index contributed by atoms with van der Waals surface area (Å²) in [6.07, 6.45) is 0.110. The molecule has 0 fully saturated rings. The summed E-state index contributed by atoms with van der Waals surface area (Å²) in [6, 6.07) is 12.9. The lowest BCUT2D eigenvalue weighted by Crippen LogP contribution is -2.02. The van der Waals surface area contributed by atoms with Gasteiger partial charge in [0.15, 0.2) is 0 Å². The maximum absolute atomic E-state index is 9.98. The largest absolute Gasteiger partial charge is 0.488 e. The zero-order valence-corrected chi connectivity index (χ0v) is 12.7. The molecule has 106 valence electrons. The summed E-state index contributed by atoms with van der Waals surface area (Å²) in [7, 11) is 0. The fourth-order valence-electron chi connectivity index (χ4n) is 1.92. The molecule has 2 aromatic carbocycles. The monoisotopic (exact) mass is 310 g/mol. The average molecular weight is 311 g/mol. The number of ether oxygens (including phenoxy) is 1. The first-order valence-corrected chi connectivity index (χ1v) is 7.21. The summed E-state index contributed by atoms with van der Waals surface area (Å²) in [6.45, 7) is 2.24. The van der Waals surface area contributed by atoms with E-state index in [2.05, 4.69) is 0 Å². The summed E-state index contributed by atoms with van der Waals surface area (Å²) >= 11 is 12.1. The minimum Gasteiger partial charge on any atom is -0.488 e. The SMILES string of the molecule is CC[C@@H](O)c1ccccc1OCc1cccc(Cl)c1Cl. The van der Waals surface area contributed by atoms with Crippen molar-refractivity contribution in [2.75, 3.05) is 0 Å². The van der Waals surface area contributed by atoms with Crippen LogP contribution in [0.25, 0.3) is 0 Å². The Morgan fingerprint density at radius 3 is 2.60 bits per heavy atom. The van der Waals surface area contributed by atoms with Crippen LogP contribution in [0.5, 0.6) is 5.75 Å². The van der Waals surface area contributed by atoms with Gasteiger partial charge in [0.2, 0.25) is 0 Å². The number of hydrogen-bond donors (Lipinski definition) is 1. The second-order valence-corrected chi connectivity index (χ2v) is 5.25. The minimum absolute atomic E-state index is 0.312. The van der Waals surface area contributed by atoms with Crippen LogP contribution in [0.3, 0.4) is 0 Å². The van der Waals surface area contributed by atoms with E-state index in [4.69, 9.17) is 27.9 Å². The number of aliphatic hydroxyl groups is 1. The summed E-state index contributed by atoms with van der Waals surface area (Å²) in [4.78, 5) is 0. The highest BCUT2D eigenvalue weighted by molar-refractivity contribution is 6.42. The van der Waals surface area contributed by atoms with Gasteiger partial charge in [0.05, 0.1) is 16.1 Å². The molecule has 0 bridgehead atoms. The second-order valence-electron chi connectivity index (χ2n) is 4.46. The Hall–Kier alpha value is -1.22. The van der Waals surface area contributed by atoms with Crippen LogP contribution in [-0.4, -0.2) is 5.11 Å². The molecular weight excluding hydrogens is 295 g/mol. The Balaban J connectivity index is 2.17. The topological polar surface area (TPSA) is 29.5 Å². The molecule has 4 heteroatoms. The van der Waals surface area contributed by atoms with Gasteiger partial charge >= 0.3 is 0 Å². The van der Waals surface area contributed by atoms with Crippen molar-refractivity contribution in [3.05, 3.63) is 63.6 Å². The summed E-state index contributed by atoms with van der Waals surface area (Å²) in [5.41, 5.74) is 1.60. The van der Waals surface area contributed by atoms with Crippen molar-refractivity contribution in [3.8, 4) is 5.75 Å². The van der Waals surface area contributed by atoms with Crippen molar-refractivity contribution in [3.63, 3.8) is 0 Å². The van der Waals surface area contributed by atoms with Crippen molar-refractivity contribution < 1.29 is 9.84 Å². The molecular formula is C16H16Cl2O2. The molecule has 2 aromatic rings. The predicted molar refractivity (Wildman–Crippen MR) is 82.5 cm³/mol. The van der Waals surface area contributed by atoms with E-state index in [1.165, 1.54) is 0 Å². The van der Waals surface area contributed by atoms with Crippen LogP contribution >= 0.6 is 23.2 Å². The van der Waals surface area contributed by atoms with Crippen LogP contribution < -0.4 is 4.74 Å². The molecule has 20 heavy (non-hydrogen) atoms. The summed E-state index contributed by atoms with van der Waals surface area (Å²) in [5, 5.41) is 11.0. The quantitative estimate of drug-likeness (QED) is 0.840. The van der Waals surface area contributed by atoms with E-state index in [1.54, 1.807) is 6.07 Å². The van der Waals surface area contributed by atoms with Gasteiger partial charge in [0.1, 0.15) is 12.4 Å². The van der Waals surface area contributed by atoms with Crippen LogP contribution in [-0.2, 0) is 6.61 Å². The summed E-state index contributed by atoms with van der Waals surface area (Å²) in [5.74, 6) is 0.665. The average Bonchev–Trinajstić information content (AvgIpc) is 2.48. The van der Waals surface area contributed by atoms with Gasteiger partial charge in [-0.1, -0.05) is 60.5 Å². The highest BCUT2D eigenvalue weighted by Crippen LogP contribution is 2.30. The van der Waals surface area contributed by atoms with Crippen molar-refractivity contribution in [2.45, 2.75) is 26.1 Å². The first-order chi connectivity index (χ1) is 9.63. The molecule has 2 nitrogen and oxygen atoms in total. The third-order valence-corrected chi connectivity index (χ3v) is 3.94. The molecule has 0 heterocycles. The Bertz CT molecular complexity index is 584. The fraction of sp³-hybridized carbons (Fsp3) is 0.250. The molecule has 2 rings (SSSR count). The Morgan fingerprint density at radius 2 is 1.85 bits per heavy atom. The normalized spacial score (nSPS) is 12.2. The minimum atomic E-state index is -0.527. The van der Waals surface area contributed by atoms with Gasteiger partial charge in [0.25, 0.3) is 0 Å². The van der Waals surface area contributed by atoms with Gasteiger partial charge in [-0.2, -0.15) is 0 Å². The molecule has 0 amide bonds. The molecule has 0 saturated heterocycles. The van der Waals surface area contributed by atoms with E-state index in [-0.39, 0.29) is 0 Å². The van der Waals surface area contributed by atoms with Gasteiger partial charge in [0, 0.05) is 11.1 Å². The molecule has 0 aliphatic rings. The second kappa shape index (κ2) is 6.98. The number of halogens is 2. The van der Waals surface area contributed by atoms with Crippen LogP contribution in [0.4, 0.5) is 0 Å². The first-order valence-electron chi connectivity index (χ1n) is 6.46. The van der Waals surface area contributed by atoms with Gasteiger partial charge in [-0.15, -0.1) is 0 Å². The van der Waals surface area contributed by atoms with Crippen LogP contribution in [0.15, 0.2) is 42.5 Å². The standard InChI is InChI=1S/C16H16Cl2O2/c1-2-14(19)12-7-3-4-9-15(12)20-10-11-6-5-8-13(17)16(11)18/h3-9,14,19H,2,10H2,1H3/t14-/m1/s1. The summed E-state index contributed by atoms with van der Waals surface area (Å²) < 4.78 is 5.78. The molecule has 0 aromatic heterocycles. The molecule has 0 unspecified atom stereocenters. The highest BCUT2D eigenvalue weighted by atomic mass is 35.5. The number of aliphatic hydroxyl groups excluding tert-OH is 1. The number of benzene rings is 2. The van der Waals surface area contributed by atoms with E-state index in [0.717, 1.165) is 11.1 Å². The number of para-hydroxylation sites is 1. The van der Waals surface area contributed by atoms with Crippen LogP contribution in [0.2, 0.25) is 10.0 Å². The van der Waals surface area contributed by atoms with Crippen molar-refractivity contribution in [1.82, 2.24) is 0 Å². The first kappa shape index (κ1) is 15.2. The molecule has 0 aliphatic heterocycles. The molecule has 1 atom stereocenters. The zero-order chi connectivity index (χ0) is 14.5. The third-order valence-electron chi connectivity index (χ3n) is 3.08. The van der Waals surface area contributed by atoms with Gasteiger partial charge in [-0.05, 0) is 18.6 Å². The molecule has 0 radical (unpaired) electrons. The number of rotatable bonds is 5. The smallest absolute Gasteiger partial charge is 0.125 e. The van der Waals surface area contributed by atoms with Crippen molar-refractivity contribution in [1.29, 1.82) is 0 Å². The fourth-order valence-corrected chi connectivity index (χ4v) is 2.30. The van der Waals surface area contributed by atoms with Crippen LogP contribution in [0, 0.1) is 0 Å². The van der Waals surface area contributed by atoms with E-state index < -0.39 is 6.10 Å². The zero-order valence-electron chi connectivity index (χ0n) is 11.1. The predicted octanol–water partition coefficient (Wildman–Crippen LogP) is 5.02. The lowest BCUT2D eigenvalue weighted by molar-refractivity contribution is 0.166. The maximum atomic E-state index is 9.98. The van der Waals surface area contributed by atoms with E-state index in [9.17, 15) is 5.11 Å². The third kappa shape index (κ3) is 3.45. The maximum Gasteiger partial charge on any atom is 0.125 e. The Labute approximate surface area is 128 Å².